The van der Waals surface area contributed by atoms with E-state index in [1.807, 2.05) is 6.07 Å². The lowest BCUT2D eigenvalue weighted by molar-refractivity contribution is 0.0162. The number of carbonyl (C=O) groups excluding carboxylic acids is 1. The zero-order valence-electron chi connectivity index (χ0n) is 10.8. The Bertz CT molecular complexity index is 719. The van der Waals surface area contributed by atoms with Gasteiger partial charge in [-0.3, -0.25) is 4.79 Å². The van der Waals surface area contributed by atoms with Crippen molar-refractivity contribution < 1.29 is 9.53 Å². The normalized spacial score (nSPS) is 14.4. The SMILES string of the molecule is N#Cc1cccnc1OC1CN(C(=O)c2ccc(Cl)s2)C1. The molecule has 0 saturated carbocycles. The summed E-state index contributed by atoms with van der Waals surface area (Å²) >= 11 is 7.09. The van der Waals surface area contributed by atoms with Gasteiger partial charge in [-0.25, -0.2) is 4.98 Å². The maximum Gasteiger partial charge on any atom is 0.264 e. The first-order valence-corrected chi connectivity index (χ1v) is 7.43. The highest BCUT2D eigenvalue weighted by Gasteiger charge is 2.34. The van der Waals surface area contributed by atoms with Crippen LogP contribution in [0, 0.1) is 11.3 Å². The number of rotatable bonds is 3. The van der Waals surface area contributed by atoms with Gasteiger partial charge in [-0.2, -0.15) is 5.26 Å². The number of nitrogens with zero attached hydrogens (tertiary/aromatic N) is 3. The van der Waals surface area contributed by atoms with E-state index in [2.05, 4.69) is 4.98 Å². The van der Waals surface area contributed by atoms with Crippen LogP contribution in [0.1, 0.15) is 15.2 Å². The molecular weight excluding hydrogens is 310 g/mol. The molecule has 0 N–H and O–H groups in total. The van der Waals surface area contributed by atoms with Gasteiger partial charge in [0.2, 0.25) is 5.88 Å². The van der Waals surface area contributed by atoms with Gasteiger partial charge in [0.05, 0.1) is 22.3 Å². The van der Waals surface area contributed by atoms with Crippen LogP contribution in [-0.2, 0) is 0 Å². The van der Waals surface area contributed by atoms with Gasteiger partial charge in [0, 0.05) is 6.20 Å². The molecule has 3 rings (SSSR count). The van der Waals surface area contributed by atoms with Crippen molar-refractivity contribution in [3.05, 3.63) is 45.2 Å². The number of nitriles is 1. The molecule has 1 amide bonds. The zero-order chi connectivity index (χ0) is 14.8. The highest BCUT2D eigenvalue weighted by Crippen LogP contribution is 2.26. The average Bonchev–Trinajstić information content (AvgIpc) is 2.89. The number of carbonyl (C=O) groups is 1. The number of likely N-dealkylation sites (tertiary alicyclic amines) is 1. The standard InChI is InChI=1S/C14H10ClN3O2S/c15-12-4-3-11(21-12)14(19)18-7-10(8-18)20-13-9(6-16)2-1-5-17-13/h1-5,10H,7-8H2. The maximum absolute atomic E-state index is 12.1. The lowest BCUT2D eigenvalue weighted by Gasteiger charge is -2.38. The fraction of sp³-hybridized carbons (Fsp3) is 0.214. The number of amides is 1. The second kappa shape index (κ2) is 5.72. The van der Waals surface area contributed by atoms with Crippen molar-refractivity contribution in [1.82, 2.24) is 9.88 Å². The van der Waals surface area contributed by atoms with Crippen molar-refractivity contribution in [2.24, 2.45) is 0 Å². The fourth-order valence-electron chi connectivity index (χ4n) is 1.99. The summed E-state index contributed by atoms with van der Waals surface area (Å²) in [5.41, 5.74) is 0.396. The van der Waals surface area contributed by atoms with Crippen molar-refractivity contribution in [3.63, 3.8) is 0 Å². The molecule has 1 aliphatic rings. The van der Waals surface area contributed by atoms with E-state index in [9.17, 15) is 4.79 Å². The van der Waals surface area contributed by atoms with Crippen LogP contribution in [0.5, 0.6) is 5.88 Å². The Morgan fingerprint density at radius 2 is 2.29 bits per heavy atom. The van der Waals surface area contributed by atoms with E-state index < -0.39 is 0 Å². The van der Waals surface area contributed by atoms with E-state index in [-0.39, 0.29) is 12.0 Å². The van der Waals surface area contributed by atoms with Crippen molar-refractivity contribution in [2.75, 3.05) is 13.1 Å². The van der Waals surface area contributed by atoms with Crippen molar-refractivity contribution >= 4 is 28.8 Å². The van der Waals surface area contributed by atoms with Crippen LogP contribution in [0.3, 0.4) is 0 Å². The summed E-state index contributed by atoms with van der Waals surface area (Å²) < 4.78 is 6.24. The summed E-state index contributed by atoms with van der Waals surface area (Å²) in [6, 6.07) is 8.79. The molecule has 1 fully saturated rings. The number of hydrogen-bond acceptors (Lipinski definition) is 5. The second-order valence-corrected chi connectivity index (χ2v) is 6.24. The van der Waals surface area contributed by atoms with Crippen molar-refractivity contribution in [3.8, 4) is 11.9 Å². The highest BCUT2D eigenvalue weighted by molar-refractivity contribution is 7.17. The van der Waals surface area contributed by atoms with E-state index in [1.165, 1.54) is 11.3 Å². The van der Waals surface area contributed by atoms with E-state index in [1.54, 1.807) is 35.4 Å². The fourth-order valence-corrected chi connectivity index (χ4v) is 3.00. The molecule has 1 aliphatic heterocycles. The first kappa shape index (κ1) is 13.9. The quantitative estimate of drug-likeness (QED) is 0.872. The topological polar surface area (TPSA) is 66.2 Å². The molecule has 21 heavy (non-hydrogen) atoms. The molecule has 0 atom stereocenters. The molecule has 0 aromatic carbocycles. The minimum atomic E-state index is -0.133. The smallest absolute Gasteiger partial charge is 0.264 e. The van der Waals surface area contributed by atoms with Crippen molar-refractivity contribution in [1.29, 1.82) is 5.26 Å². The largest absolute Gasteiger partial charge is 0.470 e. The van der Waals surface area contributed by atoms with Gasteiger partial charge < -0.3 is 9.64 Å². The molecule has 0 aliphatic carbocycles. The number of halogens is 1. The third-order valence-electron chi connectivity index (χ3n) is 3.09. The average molecular weight is 320 g/mol. The number of pyridine rings is 1. The van der Waals surface area contributed by atoms with E-state index in [0.717, 1.165) is 0 Å². The van der Waals surface area contributed by atoms with E-state index in [4.69, 9.17) is 21.6 Å². The molecule has 7 heteroatoms. The monoisotopic (exact) mass is 319 g/mol. The molecule has 0 spiro atoms. The Balaban J connectivity index is 1.59. The number of aromatic nitrogens is 1. The first-order chi connectivity index (χ1) is 10.2. The van der Waals surface area contributed by atoms with E-state index in [0.29, 0.717) is 33.7 Å². The summed E-state index contributed by atoms with van der Waals surface area (Å²) in [5.74, 6) is 0.268. The van der Waals surface area contributed by atoms with Gasteiger partial charge in [0.25, 0.3) is 5.91 Å². The van der Waals surface area contributed by atoms with Crippen LogP contribution < -0.4 is 4.74 Å². The third-order valence-corrected chi connectivity index (χ3v) is 4.31. The second-order valence-electron chi connectivity index (χ2n) is 4.52. The lowest BCUT2D eigenvalue weighted by atomic mass is 10.1. The predicted octanol–water partition coefficient (Wildman–Crippen LogP) is 2.57. The Labute approximate surface area is 130 Å². The Morgan fingerprint density at radius 1 is 1.48 bits per heavy atom. The predicted molar refractivity (Wildman–Crippen MR) is 78.6 cm³/mol. The number of ether oxygens (including phenoxy) is 1. The minimum absolute atomic E-state index is 0.0479. The van der Waals surface area contributed by atoms with Crippen LogP contribution >= 0.6 is 22.9 Å². The molecule has 5 nitrogen and oxygen atoms in total. The van der Waals surface area contributed by atoms with Gasteiger partial charge in [-0.15, -0.1) is 11.3 Å². The van der Waals surface area contributed by atoms with Gasteiger partial charge in [0.1, 0.15) is 17.7 Å². The van der Waals surface area contributed by atoms with Gasteiger partial charge in [-0.1, -0.05) is 11.6 Å². The van der Waals surface area contributed by atoms with Gasteiger partial charge >= 0.3 is 0 Å². The summed E-state index contributed by atoms with van der Waals surface area (Å²) in [6.07, 6.45) is 1.44. The Kier molecular flexibility index (Phi) is 3.78. The van der Waals surface area contributed by atoms with Gasteiger partial charge in [0.15, 0.2) is 0 Å². The Morgan fingerprint density at radius 3 is 2.95 bits per heavy atom. The minimum Gasteiger partial charge on any atom is -0.470 e. The summed E-state index contributed by atoms with van der Waals surface area (Å²) in [6.45, 7) is 0.964. The molecule has 2 aromatic rings. The molecule has 106 valence electrons. The number of hydrogen-bond donors (Lipinski definition) is 0. The molecule has 3 heterocycles. The highest BCUT2D eigenvalue weighted by atomic mass is 35.5. The van der Waals surface area contributed by atoms with Crippen LogP contribution in [-0.4, -0.2) is 35.0 Å². The molecule has 1 saturated heterocycles. The number of thiophene rings is 1. The van der Waals surface area contributed by atoms with Crippen LogP contribution in [0.4, 0.5) is 0 Å². The van der Waals surface area contributed by atoms with Crippen LogP contribution in [0.25, 0.3) is 0 Å². The molecule has 0 radical (unpaired) electrons. The van der Waals surface area contributed by atoms with Gasteiger partial charge in [-0.05, 0) is 24.3 Å². The van der Waals surface area contributed by atoms with Crippen LogP contribution in [0.2, 0.25) is 4.34 Å². The molecule has 0 bridgehead atoms. The Hall–Kier alpha value is -2.10. The third kappa shape index (κ3) is 2.84. The first-order valence-electron chi connectivity index (χ1n) is 6.24. The van der Waals surface area contributed by atoms with E-state index >= 15 is 0 Å². The van der Waals surface area contributed by atoms with Crippen LogP contribution in [0.15, 0.2) is 30.5 Å². The summed E-state index contributed by atoms with van der Waals surface area (Å²) in [7, 11) is 0. The molecule has 2 aromatic heterocycles. The van der Waals surface area contributed by atoms with Crippen molar-refractivity contribution in [2.45, 2.75) is 6.10 Å². The summed E-state index contributed by atoms with van der Waals surface area (Å²) in [5, 5.41) is 8.97. The molecule has 0 unspecified atom stereocenters. The molecular formula is C14H10ClN3O2S. The zero-order valence-corrected chi connectivity index (χ0v) is 12.4. The lowest BCUT2D eigenvalue weighted by Crippen LogP contribution is -2.56. The summed E-state index contributed by atoms with van der Waals surface area (Å²) in [4.78, 5) is 18.5. The maximum atomic E-state index is 12.1.